The fourth-order valence-electron chi connectivity index (χ4n) is 1.58. The van der Waals surface area contributed by atoms with Crippen molar-refractivity contribution in [3.8, 4) is 0 Å². The molecule has 116 valence electrons. The second kappa shape index (κ2) is 7.53. The number of halogens is 2. The number of amides is 1. The second-order valence-corrected chi connectivity index (χ2v) is 6.12. The first-order valence-electron chi connectivity index (χ1n) is 6.22. The minimum absolute atomic E-state index is 0.209. The van der Waals surface area contributed by atoms with Crippen LogP contribution in [0.1, 0.15) is 6.42 Å². The Morgan fingerprint density at radius 1 is 1.18 bits per heavy atom. The molecule has 1 heterocycles. The Hall–Kier alpha value is -1.70. The Labute approximate surface area is 141 Å². The number of carbonyl (C=O) groups excluding carboxylic acids is 1. The number of anilines is 3. The number of hydrogen-bond acceptors (Lipinski definition) is 6. The number of thioether (sulfide) groups is 1. The minimum atomic E-state index is -0.209. The summed E-state index contributed by atoms with van der Waals surface area (Å²) in [5, 5.41) is 3.89. The molecule has 5 N–H and O–H groups in total. The summed E-state index contributed by atoms with van der Waals surface area (Å²) in [4.78, 5) is 19.9. The van der Waals surface area contributed by atoms with Gasteiger partial charge >= 0.3 is 0 Å². The zero-order valence-electron chi connectivity index (χ0n) is 11.3. The van der Waals surface area contributed by atoms with Gasteiger partial charge < -0.3 is 16.8 Å². The molecule has 1 aromatic carbocycles. The smallest absolute Gasteiger partial charge is 0.225 e. The Balaban J connectivity index is 1.88. The first kappa shape index (κ1) is 16.7. The van der Waals surface area contributed by atoms with Crippen LogP contribution in [0.15, 0.2) is 29.4 Å². The van der Waals surface area contributed by atoms with Crippen LogP contribution in [0.3, 0.4) is 0 Å². The van der Waals surface area contributed by atoms with Gasteiger partial charge in [-0.15, -0.1) is 0 Å². The van der Waals surface area contributed by atoms with E-state index in [4.69, 9.17) is 34.7 Å². The van der Waals surface area contributed by atoms with Crippen molar-refractivity contribution in [2.24, 2.45) is 0 Å². The van der Waals surface area contributed by atoms with Crippen molar-refractivity contribution in [3.63, 3.8) is 0 Å². The Kier molecular flexibility index (Phi) is 5.70. The predicted octanol–water partition coefficient (Wildman–Crippen LogP) is 3.07. The molecule has 0 spiro atoms. The lowest BCUT2D eigenvalue weighted by Gasteiger charge is -2.08. The normalized spacial score (nSPS) is 10.5. The number of rotatable bonds is 5. The molecular formula is C13H13Cl2N5OS. The van der Waals surface area contributed by atoms with Crippen LogP contribution >= 0.6 is 35.0 Å². The average molecular weight is 358 g/mol. The summed E-state index contributed by atoms with van der Waals surface area (Å²) in [6.45, 7) is 0. The van der Waals surface area contributed by atoms with E-state index in [0.717, 1.165) is 0 Å². The molecule has 0 unspecified atom stereocenters. The molecule has 6 nitrogen and oxygen atoms in total. The lowest BCUT2D eigenvalue weighted by Crippen LogP contribution is -2.13. The van der Waals surface area contributed by atoms with Gasteiger partial charge in [-0.05, 0) is 12.1 Å². The molecule has 9 heteroatoms. The van der Waals surface area contributed by atoms with Crippen LogP contribution < -0.4 is 16.8 Å². The number of nitrogens with two attached hydrogens (primary N) is 2. The molecule has 0 aliphatic carbocycles. The summed E-state index contributed by atoms with van der Waals surface area (Å²) in [5.74, 6) is 0.848. The van der Waals surface area contributed by atoms with Crippen molar-refractivity contribution in [1.82, 2.24) is 9.97 Å². The molecule has 0 aliphatic heterocycles. The standard InChI is InChI=1S/C13H13Cl2N5OS/c14-7-2-1-3-8(15)12(7)20-11(21)4-5-22-13-18-9(16)6-10(17)19-13/h1-3,6H,4-5H2,(H,20,21)(H4,16,17,18,19). The number of benzene rings is 1. The first-order valence-corrected chi connectivity index (χ1v) is 7.96. The van der Waals surface area contributed by atoms with Crippen LogP contribution in [0.2, 0.25) is 10.0 Å². The fraction of sp³-hybridized carbons (Fsp3) is 0.154. The second-order valence-electron chi connectivity index (χ2n) is 4.24. The minimum Gasteiger partial charge on any atom is -0.383 e. The molecular weight excluding hydrogens is 345 g/mol. The maximum atomic E-state index is 11.9. The van der Waals surface area contributed by atoms with Crippen LogP contribution in [0, 0.1) is 0 Å². The molecule has 1 amide bonds. The van der Waals surface area contributed by atoms with E-state index < -0.39 is 0 Å². The fourth-order valence-corrected chi connectivity index (χ4v) is 2.88. The SMILES string of the molecule is Nc1cc(N)nc(SCCC(=O)Nc2c(Cl)cccc2Cl)n1. The highest BCUT2D eigenvalue weighted by atomic mass is 35.5. The average Bonchev–Trinajstić information content (AvgIpc) is 2.42. The van der Waals surface area contributed by atoms with E-state index in [1.807, 2.05) is 0 Å². The summed E-state index contributed by atoms with van der Waals surface area (Å²) in [7, 11) is 0. The molecule has 0 saturated heterocycles. The van der Waals surface area contributed by atoms with Gasteiger partial charge in [-0.2, -0.15) is 0 Å². The highest BCUT2D eigenvalue weighted by molar-refractivity contribution is 7.99. The lowest BCUT2D eigenvalue weighted by atomic mass is 10.3. The number of nitrogens with one attached hydrogen (secondary N) is 1. The topological polar surface area (TPSA) is 107 Å². The molecule has 2 aromatic rings. The van der Waals surface area contributed by atoms with E-state index in [-0.39, 0.29) is 12.3 Å². The summed E-state index contributed by atoms with van der Waals surface area (Å²) < 4.78 is 0. The van der Waals surface area contributed by atoms with Crippen LogP contribution in [0.5, 0.6) is 0 Å². The molecule has 0 fully saturated rings. The molecule has 0 bridgehead atoms. The molecule has 2 rings (SSSR count). The molecule has 0 aliphatic rings. The van der Waals surface area contributed by atoms with Crippen LogP contribution in [-0.2, 0) is 4.79 Å². The third-order valence-corrected chi connectivity index (χ3v) is 4.01. The van der Waals surface area contributed by atoms with Gasteiger partial charge in [0, 0.05) is 18.2 Å². The quantitative estimate of drug-likeness (QED) is 0.560. The van der Waals surface area contributed by atoms with E-state index in [1.54, 1.807) is 18.2 Å². The van der Waals surface area contributed by atoms with Crippen LogP contribution in [0.4, 0.5) is 17.3 Å². The van der Waals surface area contributed by atoms with Gasteiger partial charge in [-0.25, -0.2) is 9.97 Å². The van der Waals surface area contributed by atoms with Crippen LogP contribution in [-0.4, -0.2) is 21.6 Å². The summed E-state index contributed by atoms with van der Waals surface area (Å²) in [6, 6.07) is 6.48. The highest BCUT2D eigenvalue weighted by Gasteiger charge is 2.10. The van der Waals surface area contributed by atoms with Gasteiger partial charge in [-0.3, -0.25) is 4.79 Å². The largest absolute Gasteiger partial charge is 0.383 e. The van der Waals surface area contributed by atoms with Crippen molar-refractivity contribution in [1.29, 1.82) is 0 Å². The zero-order valence-corrected chi connectivity index (χ0v) is 13.7. The molecule has 0 saturated carbocycles. The third-order valence-electron chi connectivity index (χ3n) is 2.53. The summed E-state index contributed by atoms with van der Waals surface area (Å²) >= 11 is 13.3. The number of nitrogens with zero attached hydrogens (tertiary/aromatic N) is 2. The Morgan fingerprint density at radius 3 is 2.36 bits per heavy atom. The first-order chi connectivity index (χ1) is 10.5. The predicted molar refractivity (Wildman–Crippen MR) is 91.3 cm³/mol. The van der Waals surface area contributed by atoms with Gasteiger partial charge in [-0.1, -0.05) is 41.0 Å². The molecule has 0 radical (unpaired) electrons. The Morgan fingerprint density at radius 2 is 1.77 bits per heavy atom. The lowest BCUT2D eigenvalue weighted by molar-refractivity contribution is -0.115. The van der Waals surface area contributed by atoms with Crippen molar-refractivity contribution < 1.29 is 4.79 Å². The van der Waals surface area contributed by atoms with Gasteiger partial charge in [0.15, 0.2) is 5.16 Å². The van der Waals surface area contributed by atoms with E-state index in [1.165, 1.54) is 17.8 Å². The summed E-state index contributed by atoms with van der Waals surface area (Å²) in [6.07, 6.45) is 0.240. The zero-order chi connectivity index (χ0) is 16.1. The maximum Gasteiger partial charge on any atom is 0.225 e. The molecule has 0 atom stereocenters. The van der Waals surface area contributed by atoms with Crippen LogP contribution in [0.25, 0.3) is 0 Å². The summed E-state index contributed by atoms with van der Waals surface area (Å²) in [5.41, 5.74) is 11.6. The van der Waals surface area contributed by atoms with Crippen molar-refractivity contribution >= 4 is 58.2 Å². The van der Waals surface area contributed by atoms with E-state index >= 15 is 0 Å². The van der Waals surface area contributed by atoms with Crippen molar-refractivity contribution in [3.05, 3.63) is 34.3 Å². The van der Waals surface area contributed by atoms with E-state index in [9.17, 15) is 4.79 Å². The Bertz CT molecular complexity index is 658. The number of hydrogen-bond donors (Lipinski definition) is 3. The van der Waals surface area contributed by atoms with Gasteiger partial charge in [0.1, 0.15) is 11.6 Å². The maximum absolute atomic E-state index is 11.9. The highest BCUT2D eigenvalue weighted by Crippen LogP contribution is 2.30. The molecule has 1 aromatic heterocycles. The molecule has 22 heavy (non-hydrogen) atoms. The number of aromatic nitrogens is 2. The van der Waals surface area contributed by atoms with Crippen molar-refractivity contribution in [2.45, 2.75) is 11.6 Å². The van der Waals surface area contributed by atoms with E-state index in [2.05, 4.69) is 15.3 Å². The van der Waals surface area contributed by atoms with Crippen molar-refractivity contribution in [2.75, 3.05) is 22.5 Å². The third kappa shape index (κ3) is 4.66. The van der Waals surface area contributed by atoms with Gasteiger partial charge in [0.25, 0.3) is 0 Å². The number of carbonyl (C=O) groups is 1. The number of para-hydroxylation sites is 1. The monoisotopic (exact) mass is 357 g/mol. The number of nitrogen functional groups attached to an aromatic ring is 2. The van der Waals surface area contributed by atoms with Gasteiger partial charge in [0.2, 0.25) is 5.91 Å². The van der Waals surface area contributed by atoms with Gasteiger partial charge in [0.05, 0.1) is 15.7 Å². The van der Waals surface area contributed by atoms with E-state index in [0.29, 0.717) is 38.3 Å².